The fourth-order valence-corrected chi connectivity index (χ4v) is 4.07. The lowest BCUT2D eigenvalue weighted by atomic mass is 10.2. The van der Waals surface area contributed by atoms with Crippen LogP contribution in [0, 0.1) is 0 Å². The minimum absolute atomic E-state index is 0.0313. The van der Waals surface area contributed by atoms with Crippen LogP contribution in [0.15, 0.2) is 137 Å². The van der Waals surface area contributed by atoms with Crippen LogP contribution in [0.4, 0.5) is 0 Å². The number of nitrogens with one attached hydrogen (secondary N) is 2. The number of carboxylic acids is 1. The van der Waals surface area contributed by atoms with Gasteiger partial charge in [-0.15, -0.1) is 0 Å². The SMILES string of the molecule is CC.CC.CC.CC.CC(=O)/C(=C/c1ccccc1)N=[N+]=[N-].CC(=O)CN=[N+]=[N-].CC(=O)c1cc2ccccc2[nH]1.O=C(O)c1cc2ccccc2[nH]1.O=Cc1ccccc1. The first-order valence-electron chi connectivity index (χ1n) is 19.7. The summed E-state index contributed by atoms with van der Waals surface area (Å²) in [7, 11) is 0. The van der Waals surface area contributed by atoms with E-state index in [0.717, 1.165) is 39.2 Å². The second-order valence-corrected chi connectivity index (χ2v) is 10.7. The molecule has 3 N–H and O–H groups in total. The lowest BCUT2D eigenvalue weighted by Crippen LogP contribution is -1.94. The van der Waals surface area contributed by atoms with Gasteiger partial charge in [0.1, 0.15) is 17.8 Å². The molecule has 0 aliphatic rings. The van der Waals surface area contributed by atoms with Gasteiger partial charge in [-0.2, -0.15) is 0 Å². The van der Waals surface area contributed by atoms with E-state index >= 15 is 0 Å². The van der Waals surface area contributed by atoms with Crippen molar-refractivity contribution in [3.8, 4) is 0 Å². The molecule has 6 aromatic rings. The summed E-state index contributed by atoms with van der Waals surface area (Å²) in [6.45, 7) is 20.3. The van der Waals surface area contributed by atoms with Crippen LogP contribution >= 0.6 is 0 Å². The molecule has 0 aliphatic heterocycles. The number of aldehydes is 1. The van der Waals surface area contributed by atoms with E-state index in [2.05, 4.69) is 30.0 Å². The molecule has 0 saturated heterocycles. The minimum atomic E-state index is -0.925. The number of aromatic nitrogens is 2. The lowest BCUT2D eigenvalue weighted by molar-refractivity contribution is -0.115. The number of carboxylic acid groups (broad SMARTS) is 1. The second-order valence-electron chi connectivity index (χ2n) is 10.7. The number of nitrogens with zero attached hydrogens (tertiary/aromatic N) is 6. The third-order valence-corrected chi connectivity index (χ3v) is 6.58. The third-order valence-electron chi connectivity index (χ3n) is 6.58. The third kappa shape index (κ3) is 26.2. The zero-order chi connectivity index (χ0) is 47.0. The number of Topliss-reactive ketones (excluding diaryl/α,β-unsaturated/α-hetero) is 3. The first kappa shape index (κ1) is 57.8. The van der Waals surface area contributed by atoms with Crippen LogP contribution in [0.5, 0.6) is 0 Å². The van der Waals surface area contributed by atoms with Gasteiger partial charge in [-0.25, -0.2) is 4.79 Å². The number of allylic oxidation sites excluding steroid dienone is 1. The van der Waals surface area contributed by atoms with Gasteiger partial charge in [0.15, 0.2) is 11.6 Å². The molecule has 324 valence electrons. The molecule has 0 fully saturated rings. The van der Waals surface area contributed by atoms with Gasteiger partial charge in [-0.3, -0.25) is 19.2 Å². The lowest BCUT2D eigenvalue weighted by Gasteiger charge is -1.94. The van der Waals surface area contributed by atoms with Crippen molar-refractivity contribution in [2.24, 2.45) is 10.2 Å². The number of hydrogen-bond donors (Lipinski definition) is 3. The van der Waals surface area contributed by atoms with Gasteiger partial charge >= 0.3 is 5.97 Å². The van der Waals surface area contributed by atoms with Crippen LogP contribution in [0.2, 0.25) is 0 Å². The van der Waals surface area contributed by atoms with Gasteiger partial charge in [-0.1, -0.05) is 163 Å². The maximum absolute atomic E-state index is 11.0. The average molecular weight is 833 g/mol. The highest BCUT2D eigenvalue weighted by Gasteiger charge is 2.05. The van der Waals surface area contributed by atoms with E-state index in [1.807, 2.05) is 159 Å². The van der Waals surface area contributed by atoms with Crippen LogP contribution < -0.4 is 0 Å². The fourth-order valence-electron chi connectivity index (χ4n) is 4.07. The molecule has 0 atom stereocenters. The maximum atomic E-state index is 11.0. The Hall–Kier alpha value is -7.53. The number of carbonyl (C=O) groups is 5. The zero-order valence-electron chi connectivity index (χ0n) is 37.1. The number of para-hydroxylation sites is 2. The molecule has 0 amide bonds. The number of carbonyl (C=O) groups excluding carboxylic acids is 4. The molecule has 14 nitrogen and oxygen atoms in total. The Kier molecular flexibility index (Phi) is 36.0. The standard InChI is InChI=1S/C10H9N3O.C10H9NO.C9H7NO2.C7H6O.C3H5N3O.4C2H6/c1-8(14)10(12-13-11)7-9-5-3-2-4-6-9;1-7(12)10-6-8-4-2-3-5-9(8)11-10;11-9(12)8-5-6-3-1-2-4-7(6)10-8;8-6-7-4-2-1-3-5-7;1-3(7)2-5-6-4;4*1-2/h2-7H,1H3;2-6,11H,1H3;1-5,10H,(H,11,12);1-6H;2H2,1H3;4*1-2H3/b10-7-;;;;;;;;. The first-order valence-corrected chi connectivity index (χ1v) is 19.7. The fraction of sp³-hybridized carbons (Fsp3) is 0.255. The highest BCUT2D eigenvalue weighted by molar-refractivity contribution is 5.98. The number of rotatable bonds is 8. The van der Waals surface area contributed by atoms with E-state index in [4.69, 9.17) is 16.2 Å². The molecule has 0 spiro atoms. The summed E-state index contributed by atoms with van der Waals surface area (Å²) in [5, 5.41) is 17.0. The first-order chi connectivity index (χ1) is 29.5. The van der Waals surface area contributed by atoms with Crippen molar-refractivity contribution in [2.75, 3.05) is 6.54 Å². The van der Waals surface area contributed by atoms with Gasteiger partial charge in [0.25, 0.3) is 0 Å². The Balaban J connectivity index is -0.000000672. The number of H-pyrrole nitrogens is 2. The van der Waals surface area contributed by atoms with E-state index in [9.17, 15) is 24.0 Å². The molecule has 6 rings (SSSR count). The second kappa shape index (κ2) is 38.0. The summed E-state index contributed by atoms with van der Waals surface area (Å²) in [4.78, 5) is 63.3. The molecule has 0 unspecified atom stereocenters. The number of ketones is 3. The summed E-state index contributed by atoms with van der Waals surface area (Å²) in [5.74, 6) is -1.21. The van der Waals surface area contributed by atoms with Crippen molar-refractivity contribution in [3.63, 3.8) is 0 Å². The minimum Gasteiger partial charge on any atom is -0.477 e. The smallest absolute Gasteiger partial charge is 0.352 e. The Morgan fingerprint density at radius 1 is 0.607 bits per heavy atom. The van der Waals surface area contributed by atoms with E-state index in [1.165, 1.54) is 13.8 Å². The summed E-state index contributed by atoms with van der Waals surface area (Å²) >= 11 is 0. The molecule has 14 heteroatoms. The summed E-state index contributed by atoms with van der Waals surface area (Å²) in [6, 6.07) is 37.1. The van der Waals surface area contributed by atoms with Crippen molar-refractivity contribution in [2.45, 2.75) is 76.2 Å². The Morgan fingerprint density at radius 2 is 1.02 bits per heavy atom. The molecule has 0 aliphatic carbocycles. The molecule has 2 heterocycles. The molecule has 0 bridgehead atoms. The predicted molar refractivity (Wildman–Crippen MR) is 250 cm³/mol. The van der Waals surface area contributed by atoms with Gasteiger partial charge < -0.3 is 15.1 Å². The van der Waals surface area contributed by atoms with Crippen molar-refractivity contribution < 1.29 is 29.1 Å². The Morgan fingerprint density at radius 3 is 1.34 bits per heavy atom. The summed E-state index contributed by atoms with van der Waals surface area (Å²) < 4.78 is 0. The van der Waals surface area contributed by atoms with Gasteiger partial charge in [-0.05, 0) is 60.8 Å². The Bertz CT molecular complexity index is 2110. The highest BCUT2D eigenvalue weighted by atomic mass is 16.4. The molecule has 0 radical (unpaired) electrons. The molecule has 4 aromatic carbocycles. The number of benzene rings is 4. The van der Waals surface area contributed by atoms with Crippen molar-refractivity contribution in [3.05, 3.63) is 170 Å². The molecular weight excluding hydrogens is 773 g/mol. The van der Waals surface area contributed by atoms with Crippen molar-refractivity contribution in [1.29, 1.82) is 0 Å². The van der Waals surface area contributed by atoms with Crippen molar-refractivity contribution in [1.82, 2.24) is 9.97 Å². The van der Waals surface area contributed by atoms with Gasteiger partial charge in [0.05, 0.1) is 17.9 Å². The molecule has 2 aromatic heterocycles. The maximum Gasteiger partial charge on any atom is 0.352 e. The quantitative estimate of drug-likeness (QED) is 0.0336. The topological polar surface area (TPSA) is 235 Å². The molecular formula is C47H60N8O6. The van der Waals surface area contributed by atoms with E-state index in [0.29, 0.717) is 5.69 Å². The molecule has 61 heavy (non-hydrogen) atoms. The monoisotopic (exact) mass is 832 g/mol. The number of hydrogen-bond acceptors (Lipinski definition) is 7. The van der Waals surface area contributed by atoms with E-state index < -0.39 is 5.97 Å². The summed E-state index contributed by atoms with van der Waals surface area (Å²) in [6.07, 6.45) is 2.39. The van der Waals surface area contributed by atoms with E-state index in [-0.39, 0.29) is 35.3 Å². The van der Waals surface area contributed by atoms with Crippen LogP contribution in [-0.4, -0.2) is 51.2 Å². The van der Waals surface area contributed by atoms with Crippen LogP contribution in [0.1, 0.15) is 113 Å². The van der Waals surface area contributed by atoms with Crippen LogP contribution in [0.25, 0.3) is 48.8 Å². The number of aromatic carboxylic acids is 1. The highest BCUT2D eigenvalue weighted by Crippen LogP contribution is 2.15. The van der Waals surface area contributed by atoms with Gasteiger partial charge in [0, 0.05) is 44.1 Å². The number of azide groups is 2. The summed E-state index contributed by atoms with van der Waals surface area (Å²) in [5.41, 5.74) is 20.3. The molecule has 0 saturated carbocycles. The number of fused-ring (bicyclic) bond motifs is 2. The largest absolute Gasteiger partial charge is 0.477 e. The van der Waals surface area contributed by atoms with Crippen molar-refractivity contribution >= 4 is 57.5 Å². The average Bonchev–Trinajstić information content (AvgIpc) is 3.96. The zero-order valence-corrected chi connectivity index (χ0v) is 37.1. The van der Waals surface area contributed by atoms with E-state index in [1.54, 1.807) is 31.2 Å². The Labute approximate surface area is 359 Å². The van der Waals surface area contributed by atoms with Crippen LogP contribution in [-0.2, 0) is 9.59 Å². The normalized spacial score (nSPS) is 8.80. The van der Waals surface area contributed by atoms with Gasteiger partial charge in [0.2, 0.25) is 0 Å². The number of aromatic amines is 2. The van der Waals surface area contributed by atoms with Crippen LogP contribution in [0.3, 0.4) is 0 Å². The predicted octanol–water partition coefficient (Wildman–Crippen LogP) is 13.7.